The summed E-state index contributed by atoms with van der Waals surface area (Å²) in [6, 6.07) is 1.44. The molecule has 1 saturated heterocycles. The Hall–Kier alpha value is -0.150. The molecule has 1 N–H and O–H groups in total. The molecule has 0 bridgehead atoms. The van der Waals surface area contributed by atoms with Crippen LogP contribution in [0.4, 0.5) is 0 Å². The number of aliphatic carboxylic acids is 1. The first-order valence-corrected chi connectivity index (χ1v) is 8.78. The van der Waals surface area contributed by atoms with Gasteiger partial charge < -0.3 is 5.11 Å². The number of carbonyl (C=O) groups is 1. The van der Waals surface area contributed by atoms with E-state index in [4.69, 9.17) is 16.7 Å². The van der Waals surface area contributed by atoms with Crippen LogP contribution in [0.3, 0.4) is 0 Å². The fourth-order valence-corrected chi connectivity index (χ4v) is 6.24. The first kappa shape index (κ1) is 15.2. The minimum atomic E-state index is -3.73. The molecule has 1 aliphatic rings. The number of carboxylic acid groups (broad SMARTS) is 1. The largest absolute Gasteiger partial charge is 0.481 e. The average molecular weight is 389 g/mol. The standard InChI is InChI=1S/C10H11BrClNO4S2/c1-10(9(14)15)2-3-13(5-10)19(16,17)6-4-7(11)18-8(6)12/h4H,2-3,5H2,1H3,(H,14,15). The Balaban J connectivity index is 2.33. The molecule has 1 atom stereocenters. The molecule has 2 heterocycles. The lowest BCUT2D eigenvalue weighted by Gasteiger charge is -2.19. The molecule has 2 rings (SSSR count). The van der Waals surface area contributed by atoms with Crippen molar-refractivity contribution in [2.45, 2.75) is 18.2 Å². The van der Waals surface area contributed by atoms with Gasteiger partial charge in [0.1, 0.15) is 9.23 Å². The van der Waals surface area contributed by atoms with Crippen LogP contribution >= 0.6 is 38.9 Å². The molecule has 1 aromatic heterocycles. The molecule has 19 heavy (non-hydrogen) atoms. The van der Waals surface area contributed by atoms with Gasteiger partial charge in [-0.2, -0.15) is 4.31 Å². The van der Waals surface area contributed by atoms with E-state index in [-0.39, 0.29) is 22.3 Å². The van der Waals surface area contributed by atoms with E-state index in [9.17, 15) is 13.2 Å². The number of thiophene rings is 1. The first-order valence-electron chi connectivity index (χ1n) is 5.35. The Morgan fingerprint density at radius 2 is 2.26 bits per heavy atom. The molecular weight excluding hydrogens is 378 g/mol. The normalized spacial score (nSPS) is 24.8. The molecule has 0 aromatic carbocycles. The minimum absolute atomic E-state index is 0.0284. The molecule has 0 spiro atoms. The van der Waals surface area contributed by atoms with Gasteiger partial charge in [0.25, 0.3) is 0 Å². The predicted octanol–water partition coefficient (Wildman–Crippen LogP) is 2.65. The second-order valence-electron chi connectivity index (χ2n) is 4.64. The summed E-state index contributed by atoms with van der Waals surface area (Å²) < 4.78 is 26.8. The monoisotopic (exact) mass is 387 g/mol. The number of carboxylic acids is 1. The molecule has 0 radical (unpaired) electrons. The maximum atomic E-state index is 12.4. The van der Waals surface area contributed by atoms with E-state index in [1.807, 2.05) is 0 Å². The number of halogens is 2. The number of nitrogens with zero attached hydrogens (tertiary/aromatic N) is 1. The molecule has 1 fully saturated rings. The highest BCUT2D eigenvalue weighted by atomic mass is 79.9. The maximum Gasteiger partial charge on any atom is 0.310 e. The highest BCUT2D eigenvalue weighted by Crippen LogP contribution is 2.39. The third-order valence-corrected chi connectivity index (χ3v) is 7.17. The van der Waals surface area contributed by atoms with Crippen molar-refractivity contribution in [1.29, 1.82) is 0 Å². The first-order chi connectivity index (χ1) is 8.67. The molecule has 0 amide bonds. The Morgan fingerprint density at radius 1 is 1.63 bits per heavy atom. The van der Waals surface area contributed by atoms with E-state index < -0.39 is 21.4 Å². The third kappa shape index (κ3) is 2.69. The second kappa shape index (κ2) is 5.00. The van der Waals surface area contributed by atoms with Crippen LogP contribution in [0.25, 0.3) is 0 Å². The summed E-state index contributed by atoms with van der Waals surface area (Å²) in [6.07, 6.45) is 0.296. The molecule has 0 saturated carbocycles. The van der Waals surface area contributed by atoms with Gasteiger partial charge in [0.05, 0.1) is 9.20 Å². The Labute approximate surface area is 128 Å². The van der Waals surface area contributed by atoms with Crippen molar-refractivity contribution in [3.05, 3.63) is 14.2 Å². The van der Waals surface area contributed by atoms with Crippen LogP contribution in [-0.4, -0.2) is 36.9 Å². The summed E-state index contributed by atoms with van der Waals surface area (Å²) in [7, 11) is -3.73. The smallest absolute Gasteiger partial charge is 0.310 e. The van der Waals surface area contributed by atoms with Gasteiger partial charge in [0.2, 0.25) is 10.0 Å². The molecule has 0 aliphatic carbocycles. The van der Waals surface area contributed by atoms with Gasteiger partial charge in [-0.1, -0.05) is 11.6 Å². The number of hydrogen-bond donors (Lipinski definition) is 1. The predicted molar refractivity (Wildman–Crippen MR) is 76.1 cm³/mol. The van der Waals surface area contributed by atoms with E-state index in [0.29, 0.717) is 10.2 Å². The van der Waals surface area contributed by atoms with Crippen molar-refractivity contribution < 1.29 is 18.3 Å². The zero-order chi connectivity index (χ0) is 14.4. The Kier molecular flexibility index (Phi) is 4.01. The minimum Gasteiger partial charge on any atom is -0.481 e. The van der Waals surface area contributed by atoms with E-state index in [0.717, 1.165) is 11.3 Å². The fraction of sp³-hybridized carbons (Fsp3) is 0.500. The van der Waals surface area contributed by atoms with Gasteiger partial charge in [-0.25, -0.2) is 8.42 Å². The van der Waals surface area contributed by atoms with E-state index in [2.05, 4.69) is 15.9 Å². The van der Waals surface area contributed by atoms with Gasteiger partial charge in [-0.3, -0.25) is 4.79 Å². The lowest BCUT2D eigenvalue weighted by atomic mass is 9.90. The number of sulfonamides is 1. The lowest BCUT2D eigenvalue weighted by molar-refractivity contribution is -0.146. The third-order valence-electron chi connectivity index (χ3n) is 3.20. The molecular formula is C10H11BrClNO4S2. The van der Waals surface area contributed by atoms with Crippen LogP contribution in [0.1, 0.15) is 13.3 Å². The molecule has 9 heteroatoms. The van der Waals surface area contributed by atoms with Crippen LogP contribution < -0.4 is 0 Å². The quantitative estimate of drug-likeness (QED) is 0.864. The van der Waals surface area contributed by atoms with Crippen molar-refractivity contribution in [2.75, 3.05) is 13.1 Å². The molecule has 5 nitrogen and oxygen atoms in total. The topological polar surface area (TPSA) is 74.7 Å². The summed E-state index contributed by atoms with van der Waals surface area (Å²) in [5.74, 6) is -0.984. The van der Waals surface area contributed by atoms with Gasteiger partial charge in [-0.15, -0.1) is 11.3 Å². The SMILES string of the molecule is CC1(C(=O)O)CCN(S(=O)(=O)c2cc(Br)sc2Cl)C1. The highest BCUT2D eigenvalue weighted by molar-refractivity contribution is 9.11. The number of rotatable bonds is 3. The molecule has 106 valence electrons. The molecule has 1 aliphatic heterocycles. The van der Waals surface area contributed by atoms with Gasteiger partial charge in [0.15, 0.2) is 0 Å². The van der Waals surface area contributed by atoms with E-state index in [1.165, 1.54) is 10.4 Å². The van der Waals surface area contributed by atoms with E-state index >= 15 is 0 Å². The summed E-state index contributed by atoms with van der Waals surface area (Å²) in [5.41, 5.74) is -1.03. The van der Waals surface area contributed by atoms with Crippen molar-refractivity contribution in [1.82, 2.24) is 4.31 Å². The second-order valence-corrected chi connectivity index (χ2v) is 9.58. The average Bonchev–Trinajstić information content (AvgIpc) is 2.84. The number of hydrogen-bond acceptors (Lipinski definition) is 4. The zero-order valence-electron chi connectivity index (χ0n) is 9.89. The summed E-state index contributed by atoms with van der Waals surface area (Å²) >= 11 is 10.2. The van der Waals surface area contributed by atoms with Crippen LogP contribution in [-0.2, 0) is 14.8 Å². The van der Waals surface area contributed by atoms with Crippen molar-refractivity contribution >= 4 is 54.9 Å². The van der Waals surface area contributed by atoms with Gasteiger partial charge in [-0.05, 0) is 35.3 Å². The fourth-order valence-electron chi connectivity index (χ4n) is 1.94. The molecule has 1 aromatic rings. The summed E-state index contributed by atoms with van der Waals surface area (Å²) in [5, 5.41) is 9.13. The van der Waals surface area contributed by atoms with Gasteiger partial charge >= 0.3 is 5.97 Å². The Bertz CT molecular complexity index is 629. The van der Waals surface area contributed by atoms with Crippen LogP contribution in [0.5, 0.6) is 0 Å². The molecule has 1 unspecified atom stereocenters. The highest BCUT2D eigenvalue weighted by Gasteiger charge is 2.45. The van der Waals surface area contributed by atoms with Crippen molar-refractivity contribution in [2.24, 2.45) is 5.41 Å². The van der Waals surface area contributed by atoms with Crippen LogP contribution in [0.2, 0.25) is 4.34 Å². The van der Waals surface area contributed by atoms with Crippen molar-refractivity contribution in [3.63, 3.8) is 0 Å². The van der Waals surface area contributed by atoms with E-state index in [1.54, 1.807) is 6.92 Å². The zero-order valence-corrected chi connectivity index (χ0v) is 13.9. The lowest BCUT2D eigenvalue weighted by Crippen LogP contribution is -2.34. The Morgan fingerprint density at radius 3 is 2.68 bits per heavy atom. The van der Waals surface area contributed by atoms with Crippen LogP contribution in [0.15, 0.2) is 14.7 Å². The van der Waals surface area contributed by atoms with Crippen molar-refractivity contribution in [3.8, 4) is 0 Å². The summed E-state index contributed by atoms with van der Waals surface area (Å²) in [6.45, 7) is 1.71. The van der Waals surface area contributed by atoms with Gasteiger partial charge in [0, 0.05) is 13.1 Å². The summed E-state index contributed by atoms with van der Waals surface area (Å²) in [4.78, 5) is 11.2. The van der Waals surface area contributed by atoms with Crippen LogP contribution in [0, 0.1) is 5.41 Å². The maximum absolute atomic E-state index is 12.4.